The lowest BCUT2D eigenvalue weighted by molar-refractivity contribution is 0.201. The highest BCUT2D eigenvalue weighted by Gasteiger charge is 2.10. The Morgan fingerprint density at radius 3 is 2.94 bits per heavy atom. The SMILES string of the molecule is CC[C@@H](C)CN(C)C(=O)NCc1ccsc1. The number of thiophene rings is 1. The first kappa shape index (κ1) is 13.0. The second-order valence-electron chi connectivity index (χ2n) is 4.18. The van der Waals surface area contributed by atoms with Crippen LogP contribution in [-0.2, 0) is 6.54 Å². The van der Waals surface area contributed by atoms with Crippen molar-refractivity contribution in [2.24, 2.45) is 5.92 Å². The first-order valence-corrected chi connectivity index (χ1v) is 6.57. The lowest BCUT2D eigenvalue weighted by atomic mass is 10.1. The van der Waals surface area contributed by atoms with Gasteiger partial charge >= 0.3 is 6.03 Å². The van der Waals surface area contributed by atoms with E-state index in [4.69, 9.17) is 0 Å². The van der Waals surface area contributed by atoms with Crippen molar-refractivity contribution < 1.29 is 4.79 Å². The molecule has 1 aromatic rings. The second kappa shape index (κ2) is 6.53. The first-order valence-electron chi connectivity index (χ1n) is 5.63. The van der Waals surface area contributed by atoms with Crippen molar-refractivity contribution in [1.82, 2.24) is 10.2 Å². The topological polar surface area (TPSA) is 32.3 Å². The van der Waals surface area contributed by atoms with Crippen LogP contribution in [0.4, 0.5) is 4.79 Å². The minimum atomic E-state index is 0.00602. The van der Waals surface area contributed by atoms with Gasteiger partial charge in [0.2, 0.25) is 0 Å². The Labute approximate surface area is 101 Å². The largest absolute Gasteiger partial charge is 0.334 e. The molecule has 1 atom stereocenters. The summed E-state index contributed by atoms with van der Waals surface area (Å²) in [6.07, 6.45) is 1.10. The number of urea groups is 1. The zero-order chi connectivity index (χ0) is 12.0. The van der Waals surface area contributed by atoms with Crippen LogP contribution >= 0.6 is 11.3 Å². The highest BCUT2D eigenvalue weighted by molar-refractivity contribution is 7.07. The number of hydrogen-bond acceptors (Lipinski definition) is 2. The minimum Gasteiger partial charge on any atom is -0.334 e. The minimum absolute atomic E-state index is 0.00602. The third kappa shape index (κ3) is 4.23. The maximum absolute atomic E-state index is 11.7. The quantitative estimate of drug-likeness (QED) is 0.843. The molecule has 4 heteroatoms. The van der Waals surface area contributed by atoms with E-state index in [1.54, 1.807) is 16.2 Å². The number of hydrogen-bond donors (Lipinski definition) is 1. The summed E-state index contributed by atoms with van der Waals surface area (Å²) in [6, 6.07) is 2.03. The number of carbonyl (C=O) groups excluding carboxylic acids is 1. The molecule has 1 aromatic heterocycles. The van der Waals surface area contributed by atoms with Crippen LogP contribution in [0.5, 0.6) is 0 Å². The van der Waals surface area contributed by atoms with Crippen molar-refractivity contribution in [3.8, 4) is 0 Å². The molecule has 90 valence electrons. The summed E-state index contributed by atoms with van der Waals surface area (Å²) in [4.78, 5) is 13.5. The maximum Gasteiger partial charge on any atom is 0.317 e. The number of carbonyl (C=O) groups is 1. The first-order chi connectivity index (χ1) is 7.63. The summed E-state index contributed by atoms with van der Waals surface area (Å²) < 4.78 is 0. The Balaban J connectivity index is 2.29. The summed E-state index contributed by atoms with van der Waals surface area (Å²) in [6.45, 7) is 5.73. The Hall–Kier alpha value is -1.03. The summed E-state index contributed by atoms with van der Waals surface area (Å²) in [5, 5.41) is 6.98. The van der Waals surface area contributed by atoms with Crippen molar-refractivity contribution in [1.29, 1.82) is 0 Å². The third-order valence-corrected chi connectivity index (χ3v) is 3.39. The van der Waals surface area contributed by atoms with E-state index < -0.39 is 0 Å². The highest BCUT2D eigenvalue weighted by Crippen LogP contribution is 2.06. The molecule has 1 heterocycles. The number of rotatable bonds is 5. The highest BCUT2D eigenvalue weighted by atomic mass is 32.1. The van der Waals surface area contributed by atoms with Gasteiger partial charge in [-0.3, -0.25) is 0 Å². The average molecular weight is 240 g/mol. The van der Waals surface area contributed by atoms with Gasteiger partial charge in [0, 0.05) is 20.1 Å². The van der Waals surface area contributed by atoms with Gasteiger partial charge in [0.15, 0.2) is 0 Å². The maximum atomic E-state index is 11.7. The molecule has 0 saturated heterocycles. The Kier molecular flexibility index (Phi) is 5.32. The second-order valence-corrected chi connectivity index (χ2v) is 4.96. The van der Waals surface area contributed by atoms with Gasteiger partial charge in [-0.1, -0.05) is 20.3 Å². The molecule has 0 aromatic carbocycles. The lowest BCUT2D eigenvalue weighted by Crippen LogP contribution is -2.39. The molecule has 3 nitrogen and oxygen atoms in total. The molecular weight excluding hydrogens is 220 g/mol. The molecule has 0 aliphatic carbocycles. The zero-order valence-corrected chi connectivity index (χ0v) is 11.0. The van der Waals surface area contributed by atoms with Gasteiger partial charge in [-0.25, -0.2) is 4.79 Å². The van der Waals surface area contributed by atoms with Crippen LogP contribution in [-0.4, -0.2) is 24.5 Å². The number of amides is 2. The van der Waals surface area contributed by atoms with Gasteiger partial charge in [0.25, 0.3) is 0 Å². The summed E-state index contributed by atoms with van der Waals surface area (Å²) in [5.41, 5.74) is 1.16. The average Bonchev–Trinajstić information content (AvgIpc) is 2.78. The molecule has 16 heavy (non-hydrogen) atoms. The fraction of sp³-hybridized carbons (Fsp3) is 0.583. The lowest BCUT2D eigenvalue weighted by Gasteiger charge is -2.21. The molecule has 0 aliphatic heterocycles. The summed E-state index contributed by atoms with van der Waals surface area (Å²) in [5.74, 6) is 0.553. The molecule has 0 aliphatic rings. The van der Waals surface area contributed by atoms with Crippen molar-refractivity contribution in [2.75, 3.05) is 13.6 Å². The van der Waals surface area contributed by atoms with E-state index in [-0.39, 0.29) is 6.03 Å². The molecule has 0 radical (unpaired) electrons. The molecule has 2 amide bonds. The Bertz CT molecular complexity index is 311. The molecule has 1 rings (SSSR count). The van der Waals surface area contributed by atoms with Crippen LogP contribution in [0, 0.1) is 5.92 Å². The molecule has 0 spiro atoms. The van der Waals surface area contributed by atoms with Gasteiger partial charge in [0.05, 0.1) is 0 Å². The van der Waals surface area contributed by atoms with Crippen molar-refractivity contribution in [3.05, 3.63) is 22.4 Å². The number of nitrogens with zero attached hydrogens (tertiary/aromatic N) is 1. The van der Waals surface area contributed by atoms with Gasteiger partial charge in [0.1, 0.15) is 0 Å². The molecule has 0 fully saturated rings. The van der Waals surface area contributed by atoms with E-state index in [9.17, 15) is 4.79 Å². The van der Waals surface area contributed by atoms with Crippen molar-refractivity contribution in [2.45, 2.75) is 26.8 Å². The van der Waals surface area contributed by atoms with Crippen LogP contribution < -0.4 is 5.32 Å². The van der Waals surface area contributed by atoms with E-state index in [0.29, 0.717) is 12.5 Å². The van der Waals surface area contributed by atoms with Crippen LogP contribution in [0.2, 0.25) is 0 Å². The molecule has 1 N–H and O–H groups in total. The van der Waals surface area contributed by atoms with Crippen LogP contribution in [0.1, 0.15) is 25.8 Å². The van der Waals surface area contributed by atoms with E-state index in [0.717, 1.165) is 18.5 Å². The van der Waals surface area contributed by atoms with Crippen LogP contribution in [0.3, 0.4) is 0 Å². The molecular formula is C12H20N2OS. The predicted octanol–water partition coefficient (Wildman–Crippen LogP) is 2.94. The van der Waals surface area contributed by atoms with Gasteiger partial charge in [-0.15, -0.1) is 0 Å². The zero-order valence-electron chi connectivity index (χ0n) is 10.2. The van der Waals surface area contributed by atoms with Gasteiger partial charge < -0.3 is 10.2 Å². The fourth-order valence-electron chi connectivity index (χ4n) is 1.39. The van der Waals surface area contributed by atoms with Crippen LogP contribution in [0.25, 0.3) is 0 Å². The summed E-state index contributed by atoms with van der Waals surface area (Å²) >= 11 is 1.65. The standard InChI is InChI=1S/C12H20N2OS/c1-4-10(2)8-14(3)12(15)13-7-11-5-6-16-9-11/h5-6,9-10H,4,7-8H2,1-3H3,(H,13,15)/t10-/m1/s1. The Morgan fingerprint density at radius 1 is 1.62 bits per heavy atom. The molecule has 0 unspecified atom stereocenters. The molecule has 0 bridgehead atoms. The fourth-order valence-corrected chi connectivity index (χ4v) is 2.05. The van der Waals surface area contributed by atoms with Crippen molar-refractivity contribution >= 4 is 17.4 Å². The van der Waals surface area contributed by atoms with Gasteiger partial charge in [-0.05, 0) is 28.3 Å². The monoisotopic (exact) mass is 240 g/mol. The normalized spacial score (nSPS) is 12.2. The van der Waals surface area contributed by atoms with Crippen LogP contribution in [0.15, 0.2) is 16.8 Å². The van der Waals surface area contributed by atoms with E-state index in [1.165, 1.54) is 0 Å². The van der Waals surface area contributed by atoms with Crippen molar-refractivity contribution in [3.63, 3.8) is 0 Å². The summed E-state index contributed by atoms with van der Waals surface area (Å²) in [7, 11) is 1.84. The Morgan fingerprint density at radius 2 is 2.38 bits per heavy atom. The predicted molar refractivity (Wildman–Crippen MR) is 68.6 cm³/mol. The third-order valence-electron chi connectivity index (χ3n) is 2.65. The van der Waals surface area contributed by atoms with E-state index in [2.05, 4.69) is 24.5 Å². The number of nitrogens with one attached hydrogen (secondary N) is 1. The van der Waals surface area contributed by atoms with E-state index in [1.807, 2.05) is 18.5 Å². The smallest absolute Gasteiger partial charge is 0.317 e. The van der Waals surface area contributed by atoms with Gasteiger partial charge in [-0.2, -0.15) is 11.3 Å². The van der Waals surface area contributed by atoms with E-state index >= 15 is 0 Å². The molecule has 0 saturated carbocycles.